The zero-order chi connectivity index (χ0) is 22.9. The molecule has 0 fully saturated rings. The van der Waals surface area contributed by atoms with Crippen LogP contribution in [-0.4, -0.2) is 3.21 Å². The van der Waals surface area contributed by atoms with Gasteiger partial charge in [-0.1, -0.05) is 35.4 Å². The first-order chi connectivity index (χ1) is 16.2. The van der Waals surface area contributed by atoms with Crippen molar-refractivity contribution in [3.8, 4) is 11.1 Å². The Kier molecular flexibility index (Phi) is 8.34. The van der Waals surface area contributed by atoms with Gasteiger partial charge >= 0.3 is 99.2 Å². The van der Waals surface area contributed by atoms with Gasteiger partial charge in [0.2, 0.25) is 0 Å². The summed E-state index contributed by atoms with van der Waals surface area (Å²) in [6.45, 7) is 2.08. The molecule has 4 aromatic carbocycles. The summed E-state index contributed by atoms with van der Waals surface area (Å²) in [6, 6.07) is 39.2. The summed E-state index contributed by atoms with van der Waals surface area (Å²) >= 11 is 1.46. The zero-order valence-corrected chi connectivity index (χ0v) is 21.3. The van der Waals surface area contributed by atoms with Gasteiger partial charge in [-0.15, -0.1) is 18.9 Å². The maximum atomic E-state index is 3.30. The van der Waals surface area contributed by atoms with Crippen molar-refractivity contribution in [2.75, 3.05) is 0 Å². The average Bonchev–Trinajstić information content (AvgIpc) is 3.52. The Hall–Kier alpha value is -2.89. The monoisotopic (exact) mass is 500 g/mol. The molecular weight excluding hydrogens is 476 g/mol. The SMILES string of the molecule is CC1=CC[C-]=C1.[Zr+2]=[C](c1ccccc1)c1ccccc1.[c-]1cccc2c1Cc1ccccc1-2. The van der Waals surface area contributed by atoms with E-state index in [2.05, 4.69) is 122 Å². The molecule has 2 aliphatic carbocycles. The Balaban J connectivity index is 0.000000127. The first-order valence-corrected chi connectivity index (χ1v) is 12.5. The summed E-state index contributed by atoms with van der Waals surface area (Å²) < 4.78 is 1.42. The average molecular weight is 502 g/mol. The largest absolute Gasteiger partial charge is 0.179 e. The fourth-order valence-electron chi connectivity index (χ4n) is 3.87. The molecule has 33 heavy (non-hydrogen) atoms. The first-order valence-electron chi connectivity index (χ1n) is 11.2. The molecule has 4 aromatic rings. The minimum Gasteiger partial charge on any atom is -0.179 e. The Morgan fingerprint density at radius 1 is 0.727 bits per heavy atom. The number of fused-ring (bicyclic) bond motifs is 3. The summed E-state index contributed by atoms with van der Waals surface area (Å²) in [6.07, 6.45) is 9.29. The molecule has 0 aromatic heterocycles. The number of benzene rings is 4. The van der Waals surface area contributed by atoms with Crippen molar-refractivity contribution in [1.29, 1.82) is 0 Å². The normalized spacial score (nSPS) is 12.4. The Labute approximate surface area is 212 Å². The second kappa shape index (κ2) is 11.8. The summed E-state index contributed by atoms with van der Waals surface area (Å²) in [5.41, 5.74) is 9.51. The van der Waals surface area contributed by atoms with Gasteiger partial charge < -0.3 is 0 Å². The predicted molar refractivity (Wildman–Crippen MR) is 136 cm³/mol. The Bertz CT molecular complexity index is 1180. The molecule has 6 rings (SSSR count). The second-order valence-corrected chi connectivity index (χ2v) is 9.23. The molecule has 158 valence electrons. The van der Waals surface area contributed by atoms with Crippen LogP contribution < -0.4 is 0 Å². The van der Waals surface area contributed by atoms with Crippen molar-refractivity contribution in [1.82, 2.24) is 0 Å². The minimum absolute atomic E-state index is 1.02. The first kappa shape index (κ1) is 23.3. The van der Waals surface area contributed by atoms with Crippen LogP contribution in [0.4, 0.5) is 0 Å². The molecule has 0 nitrogen and oxygen atoms in total. The van der Waals surface area contributed by atoms with Crippen LogP contribution in [0.5, 0.6) is 0 Å². The van der Waals surface area contributed by atoms with Gasteiger partial charge in [0.25, 0.3) is 0 Å². The molecule has 0 amide bonds. The number of allylic oxidation sites excluding steroid dienone is 4. The maximum absolute atomic E-state index is 3.30. The molecule has 0 unspecified atom stereocenters. The summed E-state index contributed by atoms with van der Waals surface area (Å²) in [4.78, 5) is 0. The van der Waals surface area contributed by atoms with E-state index in [-0.39, 0.29) is 0 Å². The van der Waals surface area contributed by atoms with E-state index in [1.807, 2.05) is 12.1 Å². The van der Waals surface area contributed by atoms with E-state index in [1.54, 1.807) is 0 Å². The van der Waals surface area contributed by atoms with Crippen LogP contribution >= 0.6 is 0 Å². The van der Waals surface area contributed by atoms with Gasteiger partial charge in [-0.2, -0.15) is 35.9 Å². The molecule has 0 N–H and O–H groups in total. The van der Waals surface area contributed by atoms with E-state index in [1.165, 1.54) is 66.4 Å². The summed E-state index contributed by atoms with van der Waals surface area (Å²) in [7, 11) is 0. The molecule has 0 atom stereocenters. The molecule has 1 heteroatoms. The van der Waals surface area contributed by atoms with Gasteiger partial charge in [0, 0.05) is 0 Å². The molecule has 0 bridgehead atoms. The molecule has 0 saturated carbocycles. The Morgan fingerprint density at radius 2 is 1.33 bits per heavy atom. The second-order valence-electron chi connectivity index (χ2n) is 8.00. The summed E-state index contributed by atoms with van der Waals surface area (Å²) in [5, 5.41) is 0. The standard InChI is InChI=1S/C13H9.C13H10.C6H7.Zr/c1-3-7-12-10(5-1)9-11-6-2-4-8-13(11)12;1-3-7-12(8-4-1)11-13-9-5-2-6-10-13;1-6-4-2-3-5-6;/h1-5,7-8H,9H2;1-10H;4-5H,2H2,1H3;/q-1;;-1;+2. The van der Waals surface area contributed by atoms with Crippen LogP contribution in [0, 0.1) is 12.1 Å². The van der Waals surface area contributed by atoms with Crippen molar-refractivity contribution >= 4 is 3.21 Å². The molecule has 0 spiro atoms. The van der Waals surface area contributed by atoms with E-state index in [9.17, 15) is 0 Å². The fraction of sp³-hybridized carbons (Fsp3) is 0.0938. The van der Waals surface area contributed by atoms with Crippen LogP contribution in [0.15, 0.2) is 121 Å². The molecule has 0 radical (unpaired) electrons. The predicted octanol–water partition coefficient (Wildman–Crippen LogP) is 7.56. The molecule has 0 heterocycles. The smallest absolute Gasteiger partial charge is 0.0253 e. The van der Waals surface area contributed by atoms with E-state index in [0.717, 1.165) is 12.8 Å². The quantitative estimate of drug-likeness (QED) is 0.219. The van der Waals surface area contributed by atoms with Crippen molar-refractivity contribution in [3.63, 3.8) is 0 Å². The van der Waals surface area contributed by atoms with Crippen LogP contribution in [-0.2, 0) is 30.7 Å². The third-order valence-electron chi connectivity index (χ3n) is 5.61. The minimum atomic E-state index is 1.02. The molecule has 0 saturated heterocycles. The third-order valence-corrected chi connectivity index (χ3v) is 7.03. The van der Waals surface area contributed by atoms with Crippen molar-refractivity contribution in [3.05, 3.63) is 155 Å². The van der Waals surface area contributed by atoms with Crippen molar-refractivity contribution < 1.29 is 24.2 Å². The van der Waals surface area contributed by atoms with Gasteiger partial charge in [0.05, 0.1) is 0 Å². The van der Waals surface area contributed by atoms with Crippen molar-refractivity contribution in [2.24, 2.45) is 0 Å². The van der Waals surface area contributed by atoms with Gasteiger partial charge in [0.1, 0.15) is 0 Å². The zero-order valence-electron chi connectivity index (χ0n) is 18.9. The van der Waals surface area contributed by atoms with E-state index in [4.69, 9.17) is 0 Å². The maximum Gasteiger partial charge on any atom is -0.0253 e. The van der Waals surface area contributed by atoms with Gasteiger partial charge in [-0.3, -0.25) is 6.08 Å². The van der Waals surface area contributed by atoms with Crippen LogP contribution in [0.1, 0.15) is 35.6 Å². The van der Waals surface area contributed by atoms with Gasteiger partial charge in [-0.05, 0) is 6.42 Å². The van der Waals surface area contributed by atoms with Gasteiger partial charge in [0.15, 0.2) is 0 Å². The molecule has 0 aliphatic heterocycles. The molecular formula is C32H26Zr. The number of rotatable bonds is 2. The Morgan fingerprint density at radius 3 is 1.91 bits per heavy atom. The van der Waals surface area contributed by atoms with Crippen LogP contribution in [0.2, 0.25) is 0 Å². The van der Waals surface area contributed by atoms with Gasteiger partial charge in [-0.25, -0.2) is 11.6 Å². The number of hydrogen-bond donors (Lipinski definition) is 0. The van der Waals surface area contributed by atoms with E-state index >= 15 is 0 Å². The fourth-order valence-corrected chi connectivity index (χ4v) is 4.69. The van der Waals surface area contributed by atoms with E-state index in [0.29, 0.717) is 0 Å². The third kappa shape index (κ3) is 6.34. The molecule has 2 aliphatic rings. The van der Waals surface area contributed by atoms with Crippen molar-refractivity contribution in [2.45, 2.75) is 19.8 Å². The van der Waals surface area contributed by atoms with Crippen LogP contribution in [0.3, 0.4) is 0 Å². The summed E-state index contributed by atoms with van der Waals surface area (Å²) in [5.74, 6) is 0. The van der Waals surface area contributed by atoms with E-state index < -0.39 is 0 Å². The van der Waals surface area contributed by atoms with Crippen LogP contribution in [0.25, 0.3) is 11.1 Å². The number of hydrogen-bond acceptors (Lipinski definition) is 0. The topological polar surface area (TPSA) is 0 Å².